The van der Waals surface area contributed by atoms with Crippen molar-refractivity contribution in [3.8, 4) is 18.4 Å². The first-order valence-electron chi connectivity index (χ1n) is 4.81. The highest BCUT2D eigenvalue weighted by atomic mass is 14.2. The van der Waals surface area contributed by atoms with Gasteiger partial charge in [-0.1, -0.05) is 25.3 Å². The zero-order valence-electron chi connectivity index (χ0n) is 8.38. The van der Waals surface area contributed by atoms with Gasteiger partial charge in [-0.3, -0.25) is 0 Å². The van der Waals surface area contributed by atoms with Gasteiger partial charge in [0.05, 0.1) is 11.6 Å². The van der Waals surface area contributed by atoms with Crippen LogP contribution < -0.4 is 0 Å². The molecule has 1 nitrogen and oxygen atoms in total. The van der Waals surface area contributed by atoms with Crippen LogP contribution in [0.5, 0.6) is 0 Å². The molecule has 0 spiro atoms. The van der Waals surface area contributed by atoms with Gasteiger partial charge in [0.2, 0.25) is 0 Å². The second-order valence-corrected chi connectivity index (χ2v) is 3.23. The predicted molar refractivity (Wildman–Crippen MR) is 57.7 cm³/mol. The Bertz CT molecular complexity index is 391. The van der Waals surface area contributed by atoms with Crippen molar-refractivity contribution in [1.82, 2.24) is 0 Å². The van der Waals surface area contributed by atoms with Gasteiger partial charge in [0, 0.05) is 5.56 Å². The molecule has 0 aliphatic heterocycles. The van der Waals surface area contributed by atoms with Crippen molar-refractivity contribution < 1.29 is 0 Å². The van der Waals surface area contributed by atoms with Crippen molar-refractivity contribution in [2.24, 2.45) is 0 Å². The zero-order chi connectivity index (χ0) is 10.4. The molecule has 0 heterocycles. The number of aryl methyl sites for hydroxylation is 1. The molecule has 1 heteroatoms. The van der Waals surface area contributed by atoms with Crippen LogP contribution in [0.25, 0.3) is 0 Å². The maximum absolute atomic E-state index is 8.92. The average molecular weight is 183 g/mol. The first kappa shape index (κ1) is 10.4. The van der Waals surface area contributed by atoms with E-state index in [0.29, 0.717) is 5.56 Å². The van der Waals surface area contributed by atoms with Gasteiger partial charge in [0.1, 0.15) is 0 Å². The molecule has 0 aliphatic rings. The van der Waals surface area contributed by atoms with E-state index < -0.39 is 0 Å². The van der Waals surface area contributed by atoms with E-state index in [-0.39, 0.29) is 0 Å². The molecule has 70 valence electrons. The van der Waals surface area contributed by atoms with Crippen LogP contribution in [0.2, 0.25) is 0 Å². The Hall–Kier alpha value is -1.73. The fraction of sp³-hybridized carbons (Fsp3) is 0.308. The highest BCUT2D eigenvalue weighted by Crippen LogP contribution is 2.13. The molecular weight excluding hydrogens is 170 g/mol. The molecule has 0 fully saturated rings. The van der Waals surface area contributed by atoms with Crippen molar-refractivity contribution in [1.29, 1.82) is 5.26 Å². The maximum atomic E-state index is 8.92. The Labute approximate surface area is 85.4 Å². The summed E-state index contributed by atoms with van der Waals surface area (Å²) >= 11 is 0. The highest BCUT2D eigenvalue weighted by molar-refractivity contribution is 5.45. The summed E-state index contributed by atoms with van der Waals surface area (Å²) in [6, 6.07) is 7.82. The third kappa shape index (κ3) is 2.38. The van der Waals surface area contributed by atoms with E-state index in [1.807, 2.05) is 12.1 Å². The van der Waals surface area contributed by atoms with Crippen molar-refractivity contribution in [3.63, 3.8) is 0 Å². The van der Waals surface area contributed by atoms with Crippen LogP contribution in [0.4, 0.5) is 0 Å². The third-order valence-electron chi connectivity index (χ3n) is 2.20. The first-order chi connectivity index (χ1) is 6.81. The summed E-state index contributed by atoms with van der Waals surface area (Å²) in [5, 5.41) is 8.92. The van der Waals surface area contributed by atoms with Crippen LogP contribution in [0.1, 0.15) is 36.5 Å². The maximum Gasteiger partial charge on any atom is 0.0994 e. The molecule has 1 aromatic rings. The van der Waals surface area contributed by atoms with Crippen LogP contribution in [0, 0.1) is 23.7 Å². The molecule has 0 unspecified atom stereocenters. The van der Waals surface area contributed by atoms with Crippen LogP contribution in [-0.2, 0) is 6.42 Å². The lowest BCUT2D eigenvalue weighted by Crippen LogP contribution is -1.91. The monoisotopic (exact) mass is 183 g/mol. The fourth-order valence-corrected chi connectivity index (χ4v) is 1.36. The van der Waals surface area contributed by atoms with E-state index in [4.69, 9.17) is 11.7 Å². The Morgan fingerprint density at radius 3 is 2.79 bits per heavy atom. The van der Waals surface area contributed by atoms with Crippen LogP contribution >= 0.6 is 0 Å². The van der Waals surface area contributed by atoms with E-state index in [0.717, 1.165) is 30.4 Å². The molecule has 1 aromatic carbocycles. The van der Waals surface area contributed by atoms with Gasteiger partial charge >= 0.3 is 0 Å². The number of nitrogens with zero attached hydrogens (tertiary/aromatic N) is 1. The number of hydrogen-bond donors (Lipinski definition) is 0. The van der Waals surface area contributed by atoms with Crippen molar-refractivity contribution in [2.45, 2.75) is 26.2 Å². The molecule has 0 bridgehead atoms. The van der Waals surface area contributed by atoms with Gasteiger partial charge in [-0.25, -0.2) is 0 Å². The number of unbranched alkanes of at least 4 members (excludes halogenated alkanes) is 1. The SMILES string of the molecule is C#Cc1ccc(CCCC)c(C#N)c1. The molecule has 14 heavy (non-hydrogen) atoms. The van der Waals surface area contributed by atoms with Crippen molar-refractivity contribution >= 4 is 0 Å². The number of hydrogen-bond acceptors (Lipinski definition) is 1. The third-order valence-corrected chi connectivity index (χ3v) is 2.20. The van der Waals surface area contributed by atoms with Crippen LogP contribution in [0.3, 0.4) is 0 Å². The minimum Gasteiger partial charge on any atom is -0.192 e. The van der Waals surface area contributed by atoms with Crippen LogP contribution in [-0.4, -0.2) is 0 Å². The first-order valence-corrected chi connectivity index (χ1v) is 4.81. The molecule has 0 aliphatic carbocycles. The molecular formula is C13H13N. The summed E-state index contributed by atoms with van der Waals surface area (Å²) in [6.45, 7) is 2.14. The minimum absolute atomic E-state index is 0.717. The molecule has 0 N–H and O–H groups in total. The molecule has 0 saturated heterocycles. The molecule has 0 saturated carbocycles. The number of benzene rings is 1. The molecule has 0 atom stereocenters. The van der Waals surface area contributed by atoms with Gasteiger partial charge in [-0.15, -0.1) is 6.42 Å². The summed E-state index contributed by atoms with van der Waals surface area (Å²) < 4.78 is 0. The molecule has 1 rings (SSSR count). The van der Waals surface area contributed by atoms with E-state index in [2.05, 4.69) is 18.9 Å². The lowest BCUT2D eigenvalue weighted by Gasteiger charge is -2.02. The zero-order valence-corrected chi connectivity index (χ0v) is 8.38. The quantitative estimate of drug-likeness (QED) is 0.661. The molecule has 0 amide bonds. The van der Waals surface area contributed by atoms with E-state index in [1.54, 1.807) is 6.07 Å². The lowest BCUT2D eigenvalue weighted by atomic mass is 10.0. The Morgan fingerprint density at radius 2 is 2.21 bits per heavy atom. The number of rotatable bonds is 3. The smallest absolute Gasteiger partial charge is 0.0994 e. The van der Waals surface area contributed by atoms with E-state index in [1.165, 1.54) is 0 Å². The van der Waals surface area contributed by atoms with Gasteiger partial charge in [-0.2, -0.15) is 5.26 Å². The Morgan fingerprint density at radius 1 is 1.43 bits per heavy atom. The fourth-order valence-electron chi connectivity index (χ4n) is 1.36. The van der Waals surface area contributed by atoms with Gasteiger partial charge in [-0.05, 0) is 30.5 Å². The van der Waals surface area contributed by atoms with Crippen LogP contribution in [0.15, 0.2) is 18.2 Å². The number of terminal acetylenes is 1. The lowest BCUT2D eigenvalue weighted by molar-refractivity contribution is 0.793. The van der Waals surface area contributed by atoms with E-state index >= 15 is 0 Å². The van der Waals surface area contributed by atoms with Gasteiger partial charge in [0.15, 0.2) is 0 Å². The van der Waals surface area contributed by atoms with E-state index in [9.17, 15) is 0 Å². The Balaban J connectivity index is 2.96. The van der Waals surface area contributed by atoms with Gasteiger partial charge in [0.25, 0.3) is 0 Å². The molecule has 0 aromatic heterocycles. The number of nitriles is 1. The Kier molecular flexibility index (Phi) is 3.77. The topological polar surface area (TPSA) is 23.8 Å². The summed E-state index contributed by atoms with van der Waals surface area (Å²) in [6.07, 6.45) is 8.48. The summed E-state index contributed by atoms with van der Waals surface area (Å²) in [7, 11) is 0. The minimum atomic E-state index is 0.717. The van der Waals surface area contributed by atoms with Crippen molar-refractivity contribution in [2.75, 3.05) is 0 Å². The normalized spacial score (nSPS) is 9.07. The largest absolute Gasteiger partial charge is 0.192 e. The highest BCUT2D eigenvalue weighted by Gasteiger charge is 2.01. The second kappa shape index (κ2) is 5.10. The average Bonchev–Trinajstić information content (AvgIpc) is 2.26. The van der Waals surface area contributed by atoms with Gasteiger partial charge < -0.3 is 0 Å². The predicted octanol–water partition coefficient (Wildman–Crippen LogP) is 2.88. The standard InChI is InChI=1S/C13H13N/c1-3-5-6-12-8-7-11(4-2)9-13(12)10-14/h2,7-9H,3,5-6H2,1H3. The second-order valence-electron chi connectivity index (χ2n) is 3.23. The summed E-state index contributed by atoms with van der Waals surface area (Å²) in [5.41, 5.74) is 2.60. The summed E-state index contributed by atoms with van der Waals surface area (Å²) in [5.74, 6) is 2.53. The van der Waals surface area contributed by atoms with Crippen molar-refractivity contribution in [3.05, 3.63) is 34.9 Å². The molecule has 0 radical (unpaired) electrons. The summed E-state index contributed by atoms with van der Waals surface area (Å²) in [4.78, 5) is 0.